The third-order valence-corrected chi connectivity index (χ3v) is 13.2. The van der Waals surface area contributed by atoms with Crippen molar-refractivity contribution in [2.75, 3.05) is 79.3 Å². The first-order valence-electron chi connectivity index (χ1n) is 28.2. The molecule has 0 saturated carbocycles. The highest BCUT2D eigenvalue weighted by Gasteiger charge is 2.25. The molecule has 0 N–H and O–H groups in total. The van der Waals surface area contributed by atoms with Crippen LogP contribution in [0.4, 0.5) is 0 Å². The van der Waals surface area contributed by atoms with Gasteiger partial charge in [0, 0.05) is 38.5 Å². The zero-order valence-electron chi connectivity index (χ0n) is 48.5. The van der Waals surface area contributed by atoms with E-state index >= 15 is 0 Å². The predicted molar refractivity (Wildman–Crippen MR) is 308 cm³/mol. The minimum absolute atomic E-state index is 0.134. The molecule has 0 unspecified atom stereocenters. The molecule has 1 aliphatic carbocycles. The Labute approximate surface area is 489 Å². The van der Waals surface area contributed by atoms with Crippen molar-refractivity contribution in [2.24, 2.45) is 0 Å². The molecule has 18 heteroatoms. The van der Waals surface area contributed by atoms with Gasteiger partial charge >= 0.3 is 35.8 Å². The molecule has 1 aliphatic rings. The molecule has 0 aliphatic heterocycles. The Balaban J connectivity index is 1.50. The van der Waals surface area contributed by atoms with Crippen LogP contribution in [0.15, 0.2) is 109 Å². The highest BCUT2D eigenvalue weighted by Crippen LogP contribution is 2.40. The van der Waals surface area contributed by atoms with E-state index in [1.807, 2.05) is 109 Å². The Morgan fingerprint density at radius 2 is 0.357 bits per heavy atom. The minimum Gasteiger partial charge on any atom is -0.481 e. The van der Waals surface area contributed by atoms with Gasteiger partial charge in [-0.1, -0.05) is 109 Å². The highest BCUT2D eigenvalue weighted by atomic mass is 16.6. The molecule has 0 spiro atoms. The van der Waals surface area contributed by atoms with Crippen LogP contribution < -0.4 is 28.4 Å². The average molecular weight is 1150 g/mol. The van der Waals surface area contributed by atoms with Crippen LogP contribution in [0.3, 0.4) is 0 Å². The fourth-order valence-corrected chi connectivity index (χ4v) is 9.84. The third kappa shape index (κ3) is 17.5. The van der Waals surface area contributed by atoms with Crippen LogP contribution in [0.25, 0.3) is 0 Å². The molecule has 0 amide bonds. The van der Waals surface area contributed by atoms with E-state index < -0.39 is 75.5 Å². The van der Waals surface area contributed by atoms with E-state index in [-0.39, 0.29) is 78.2 Å². The van der Waals surface area contributed by atoms with Crippen LogP contribution in [-0.2, 0) is 95.7 Å². The first-order valence-corrected chi connectivity index (χ1v) is 28.2. The van der Waals surface area contributed by atoms with Crippen LogP contribution in [0.1, 0.15) is 108 Å². The number of hydrogen-bond donors (Lipinski definition) is 0. The normalized spacial score (nSPS) is 11.8. The Bertz CT molecular complexity index is 2580. The van der Waals surface area contributed by atoms with E-state index in [0.29, 0.717) is 101 Å². The lowest BCUT2D eigenvalue weighted by Gasteiger charge is -2.22. The maximum atomic E-state index is 13.1. The molecular formula is C66H72O18. The molecule has 6 aromatic rings. The number of benzene rings is 6. The van der Waals surface area contributed by atoms with Gasteiger partial charge in [-0.05, 0) is 108 Å². The van der Waals surface area contributed by atoms with Crippen LogP contribution in [0, 0.1) is 0 Å². The summed E-state index contributed by atoms with van der Waals surface area (Å²) >= 11 is 0. The molecular weight excluding hydrogens is 1080 g/mol. The molecule has 0 aromatic heterocycles. The Morgan fingerprint density at radius 1 is 0.238 bits per heavy atom. The van der Waals surface area contributed by atoms with Crippen molar-refractivity contribution in [3.8, 4) is 34.5 Å². The van der Waals surface area contributed by atoms with Crippen LogP contribution >= 0.6 is 0 Å². The number of carbonyl (C=O) groups is 6. The molecule has 12 bridgehead atoms. The Morgan fingerprint density at radius 3 is 0.464 bits per heavy atom. The van der Waals surface area contributed by atoms with Gasteiger partial charge in [0.2, 0.25) is 0 Å². The van der Waals surface area contributed by atoms with Gasteiger partial charge in [0.25, 0.3) is 0 Å². The van der Waals surface area contributed by atoms with E-state index in [1.54, 1.807) is 41.5 Å². The van der Waals surface area contributed by atoms with Crippen molar-refractivity contribution in [3.05, 3.63) is 176 Å². The summed E-state index contributed by atoms with van der Waals surface area (Å²) in [5, 5.41) is 0. The number of rotatable bonds is 24. The predicted octanol–water partition coefficient (Wildman–Crippen LogP) is 9.20. The zero-order valence-corrected chi connectivity index (χ0v) is 48.5. The standard InChI is InChI=1S/C66H72O18/c1-7-73-55(67)37-79-61-43-19-13-20-44(61)32-46-22-15-24-48(63(46)81-39-57(69)75-9-3)34-50-26-17-28-52(65(50)83-41-59(71)77-11-5)36-54-30-18-29-53(66(54)84-42-60(72)78-12-6)35-51-27-16-25-49(64(51)82-40-58(70)76-10-4)33-47-23-14-21-45(31-43)62(47)80-38-56(68)74-8-2/h13-30H,7-12,31-42H2,1-6H3. The van der Waals surface area contributed by atoms with Crippen molar-refractivity contribution in [2.45, 2.75) is 80.1 Å². The molecule has 0 heterocycles. The van der Waals surface area contributed by atoms with E-state index in [9.17, 15) is 28.8 Å². The van der Waals surface area contributed by atoms with Gasteiger partial charge in [-0.2, -0.15) is 0 Å². The second-order valence-electron chi connectivity index (χ2n) is 19.1. The van der Waals surface area contributed by atoms with Crippen molar-refractivity contribution in [1.29, 1.82) is 0 Å². The molecule has 7 rings (SSSR count). The lowest BCUT2D eigenvalue weighted by molar-refractivity contribution is -0.146. The minimum atomic E-state index is -0.585. The average Bonchev–Trinajstić information content (AvgIpc) is 3.52. The first kappa shape index (κ1) is 62.5. The van der Waals surface area contributed by atoms with Gasteiger partial charge in [-0.15, -0.1) is 0 Å². The summed E-state index contributed by atoms with van der Waals surface area (Å²) in [5.74, 6) is -1.25. The van der Waals surface area contributed by atoms with E-state index in [2.05, 4.69) is 0 Å². The van der Waals surface area contributed by atoms with Crippen molar-refractivity contribution in [3.63, 3.8) is 0 Å². The van der Waals surface area contributed by atoms with Crippen molar-refractivity contribution in [1.82, 2.24) is 0 Å². The topological polar surface area (TPSA) is 213 Å². The van der Waals surface area contributed by atoms with E-state index in [1.165, 1.54) is 0 Å². The van der Waals surface area contributed by atoms with E-state index in [0.717, 1.165) is 0 Å². The van der Waals surface area contributed by atoms with Crippen LogP contribution in [0.5, 0.6) is 34.5 Å². The number of para-hydroxylation sites is 6. The number of hydrogen-bond acceptors (Lipinski definition) is 18. The monoisotopic (exact) mass is 1150 g/mol. The van der Waals surface area contributed by atoms with Crippen molar-refractivity contribution >= 4 is 35.8 Å². The molecule has 6 aromatic carbocycles. The van der Waals surface area contributed by atoms with Crippen LogP contribution in [0.2, 0.25) is 0 Å². The zero-order chi connectivity index (χ0) is 59.8. The molecule has 0 atom stereocenters. The fraction of sp³-hybridized carbons (Fsp3) is 0.364. The molecule has 18 nitrogen and oxygen atoms in total. The summed E-state index contributed by atoms with van der Waals surface area (Å²) in [4.78, 5) is 78.5. The van der Waals surface area contributed by atoms with Crippen molar-refractivity contribution < 1.29 is 85.6 Å². The quantitative estimate of drug-likeness (QED) is 0.0407. The molecule has 0 radical (unpaired) electrons. The second kappa shape index (κ2) is 32.0. The largest absolute Gasteiger partial charge is 0.481 e. The number of ether oxygens (including phenoxy) is 12. The van der Waals surface area contributed by atoms with Gasteiger partial charge in [-0.3, -0.25) is 0 Å². The van der Waals surface area contributed by atoms with Gasteiger partial charge < -0.3 is 56.8 Å². The summed E-state index contributed by atoms with van der Waals surface area (Å²) in [5.41, 5.74) is 7.82. The lowest BCUT2D eigenvalue weighted by atomic mass is 9.91. The maximum Gasteiger partial charge on any atom is 0.344 e. The summed E-state index contributed by atoms with van der Waals surface area (Å²) in [7, 11) is 0. The summed E-state index contributed by atoms with van der Waals surface area (Å²) < 4.78 is 70.7. The maximum absolute atomic E-state index is 13.1. The Kier molecular flexibility index (Phi) is 23.8. The number of fused-ring (bicyclic) bond motifs is 12. The SMILES string of the molecule is CCOC(=O)COc1c2cccc1Cc1cccc(c1OCC(=O)OCC)Cc1cccc(c1OCC(=O)OCC)Cc1cccc(c1OCC(=O)OCC)Cc1cccc(c1OCC(=O)OCC)Cc1cccc(c1OCC(=O)OCC)C2. The summed E-state index contributed by atoms with van der Waals surface area (Å²) in [6, 6.07) is 33.7. The molecule has 444 valence electrons. The van der Waals surface area contributed by atoms with Gasteiger partial charge in [0.1, 0.15) is 34.5 Å². The molecule has 84 heavy (non-hydrogen) atoms. The highest BCUT2D eigenvalue weighted by molar-refractivity contribution is 5.74. The van der Waals surface area contributed by atoms with E-state index in [4.69, 9.17) is 56.8 Å². The first-order chi connectivity index (χ1) is 40.9. The van der Waals surface area contributed by atoms with Gasteiger partial charge in [-0.25, -0.2) is 28.8 Å². The third-order valence-electron chi connectivity index (χ3n) is 13.2. The van der Waals surface area contributed by atoms with Crippen LogP contribution in [-0.4, -0.2) is 115 Å². The number of esters is 6. The summed E-state index contributed by atoms with van der Waals surface area (Å²) in [6.07, 6.45) is 1.04. The molecule has 0 fully saturated rings. The van der Waals surface area contributed by atoms with Gasteiger partial charge in [0.05, 0.1) is 39.6 Å². The summed E-state index contributed by atoms with van der Waals surface area (Å²) in [6.45, 7) is 8.51. The lowest BCUT2D eigenvalue weighted by Crippen LogP contribution is -2.18. The second-order valence-corrected chi connectivity index (χ2v) is 19.1. The number of carbonyl (C=O) groups excluding carboxylic acids is 6. The smallest absolute Gasteiger partial charge is 0.344 e. The Hall–Kier alpha value is -9.06. The van der Waals surface area contributed by atoms with Gasteiger partial charge in [0.15, 0.2) is 39.6 Å². The fourth-order valence-electron chi connectivity index (χ4n) is 9.84. The molecule has 0 saturated heterocycles.